The Labute approximate surface area is 119 Å². The molecule has 1 saturated heterocycles. The molecule has 20 heavy (non-hydrogen) atoms. The van der Waals surface area contributed by atoms with Crippen LogP contribution in [0.5, 0.6) is 11.5 Å². The van der Waals surface area contributed by atoms with Gasteiger partial charge >= 0.3 is 0 Å². The number of methoxy groups -OCH3 is 2. The Bertz CT molecular complexity index is 449. The molecule has 0 N–H and O–H groups in total. The number of carbonyl (C=O) groups is 1. The number of ether oxygens (including phenoxy) is 3. The first kappa shape index (κ1) is 14.7. The van der Waals surface area contributed by atoms with Crippen LogP contribution in [0.4, 0.5) is 0 Å². The van der Waals surface area contributed by atoms with Crippen LogP contribution in [0.1, 0.15) is 24.8 Å². The Hall–Kier alpha value is -1.75. The summed E-state index contributed by atoms with van der Waals surface area (Å²) in [4.78, 5) is 12.7. The van der Waals surface area contributed by atoms with Crippen molar-refractivity contribution in [3.8, 4) is 11.5 Å². The van der Waals surface area contributed by atoms with E-state index in [2.05, 4.69) is 0 Å². The minimum absolute atomic E-state index is 0.116. The van der Waals surface area contributed by atoms with Crippen LogP contribution in [0.3, 0.4) is 0 Å². The van der Waals surface area contributed by atoms with Gasteiger partial charge in [-0.25, -0.2) is 0 Å². The topological polar surface area (TPSA) is 48.0 Å². The Balaban J connectivity index is 1.97. The van der Waals surface area contributed by atoms with Gasteiger partial charge in [-0.15, -0.1) is 0 Å². The molecule has 1 amide bonds. The van der Waals surface area contributed by atoms with E-state index >= 15 is 0 Å². The third-order valence-electron chi connectivity index (χ3n) is 3.51. The summed E-state index contributed by atoms with van der Waals surface area (Å²) in [5, 5.41) is 0. The average Bonchev–Trinajstić information content (AvgIpc) is 2.52. The maximum atomic E-state index is 11.0. The first-order chi connectivity index (χ1) is 9.78. The van der Waals surface area contributed by atoms with Crippen LogP contribution >= 0.6 is 0 Å². The van der Waals surface area contributed by atoms with Crippen molar-refractivity contribution in [2.75, 3.05) is 20.8 Å². The van der Waals surface area contributed by atoms with Gasteiger partial charge < -0.3 is 19.1 Å². The van der Waals surface area contributed by atoms with E-state index in [9.17, 15) is 4.79 Å². The number of amides is 1. The second kappa shape index (κ2) is 7.14. The van der Waals surface area contributed by atoms with Crippen LogP contribution in [0.25, 0.3) is 0 Å². The zero-order valence-electron chi connectivity index (χ0n) is 12.0. The van der Waals surface area contributed by atoms with Gasteiger partial charge in [-0.1, -0.05) is 6.07 Å². The van der Waals surface area contributed by atoms with E-state index in [0.29, 0.717) is 18.1 Å². The number of nitrogens with zero attached hydrogens (tertiary/aromatic N) is 1. The highest BCUT2D eigenvalue weighted by Gasteiger charge is 2.21. The summed E-state index contributed by atoms with van der Waals surface area (Å²) in [7, 11) is 3.22. The molecule has 5 heteroatoms. The number of likely N-dealkylation sites (tertiary alicyclic amines) is 1. The van der Waals surface area contributed by atoms with Gasteiger partial charge in [0.2, 0.25) is 6.41 Å². The first-order valence-electron chi connectivity index (χ1n) is 6.82. The largest absolute Gasteiger partial charge is 0.493 e. The quantitative estimate of drug-likeness (QED) is 0.749. The van der Waals surface area contributed by atoms with Gasteiger partial charge in [0, 0.05) is 6.54 Å². The Morgan fingerprint density at radius 2 is 2.05 bits per heavy atom. The summed E-state index contributed by atoms with van der Waals surface area (Å²) in [6, 6.07) is 5.69. The van der Waals surface area contributed by atoms with Crippen molar-refractivity contribution >= 4 is 6.41 Å². The number of rotatable bonds is 6. The lowest BCUT2D eigenvalue weighted by Crippen LogP contribution is -2.40. The molecule has 0 aliphatic carbocycles. The molecule has 1 aromatic carbocycles. The van der Waals surface area contributed by atoms with Crippen LogP contribution in [0.15, 0.2) is 18.2 Å². The smallest absolute Gasteiger partial charge is 0.211 e. The van der Waals surface area contributed by atoms with E-state index in [4.69, 9.17) is 14.2 Å². The van der Waals surface area contributed by atoms with Crippen molar-refractivity contribution in [2.45, 2.75) is 32.1 Å². The molecule has 2 rings (SSSR count). The minimum Gasteiger partial charge on any atom is -0.493 e. The van der Waals surface area contributed by atoms with E-state index in [0.717, 1.165) is 37.8 Å². The molecule has 0 spiro atoms. The fraction of sp³-hybridized carbons (Fsp3) is 0.533. The van der Waals surface area contributed by atoms with Gasteiger partial charge in [0.15, 0.2) is 11.5 Å². The van der Waals surface area contributed by atoms with Crippen LogP contribution in [0, 0.1) is 0 Å². The van der Waals surface area contributed by atoms with Gasteiger partial charge in [0.25, 0.3) is 0 Å². The van der Waals surface area contributed by atoms with Crippen molar-refractivity contribution < 1.29 is 19.0 Å². The second-order valence-corrected chi connectivity index (χ2v) is 4.79. The molecule has 1 unspecified atom stereocenters. The summed E-state index contributed by atoms with van der Waals surface area (Å²) >= 11 is 0. The van der Waals surface area contributed by atoms with E-state index < -0.39 is 0 Å². The van der Waals surface area contributed by atoms with E-state index in [1.807, 2.05) is 18.2 Å². The number of benzene rings is 1. The Morgan fingerprint density at radius 3 is 2.75 bits per heavy atom. The summed E-state index contributed by atoms with van der Waals surface area (Å²) in [5.41, 5.74) is 0.999. The normalized spacial score (nSPS) is 18.7. The zero-order valence-corrected chi connectivity index (χ0v) is 12.0. The molecule has 1 fully saturated rings. The third kappa shape index (κ3) is 3.42. The molecule has 1 atom stereocenters. The van der Waals surface area contributed by atoms with E-state index in [1.54, 1.807) is 19.1 Å². The molecule has 5 nitrogen and oxygen atoms in total. The second-order valence-electron chi connectivity index (χ2n) is 4.79. The average molecular weight is 279 g/mol. The molecule has 0 aromatic heterocycles. The fourth-order valence-electron chi connectivity index (χ4n) is 2.39. The lowest BCUT2D eigenvalue weighted by atomic mass is 10.1. The van der Waals surface area contributed by atoms with Crippen LogP contribution in [0.2, 0.25) is 0 Å². The van der Waals surface area contributed by atoms with Crippen molar-refractivity contribution in [2.24, 2.45) is 0 Å². The predicted octanol–water partition coefficient (Wildman–Crippen LogP) is 2.19. The number of hydrogen-bond acceptors (Lipinski definition) is 4. The maximum Gasteiger partial charge on any atom is 0.211 e. The minimum atomic E-state index is -0.116. The summed E-state index contributed by atoms with van der Waals surface area (Å²) < 4.78 is 16.3. The summed E-state index contributed by atoms with van der Waals surface area (Å²) in [5.74, 6) is 1.38. The molecule has 1 heterocycles. The van der Waals surface area contributed by atoms with Crippen molar-refractivity contribution in [3.05, 3.63) is 23.8 Å². The third-order valence-corrected chi connectivity index (χ3v) is 3.51. The van der Waals surface area contributed by atoms with Gasteiger partial charge in [-0.05, 0) is 37.0 Å². The molecule has 1 aromatic rings. The molecule has 1 aliphatic rings. The number of carbonyl (C=O) groups excluding carboxylic acids is 1. The molecular weight excluding hydrogens is 258 g/mol. The van der Waals surface area contributed by atoms with Crippen molar-refractivity contribution in [1.29, 1.82) is 0 Å². The van der Waals surface area contributed by atoms with Gasteiger partial charge in [-0.2, -0.15) is 0 Å². The highest BCUT2D eigenvalue weighted by atomic mass is 16.5. The molecule has 1 aliphatic heterocycles. The highest BCUT2D eigenvalue weighted by molar-refractivity contribution is 5.47. The molecule has 0 saturated carbocycles. The summed E-state index contributed by atoms with van der Waals surface area (Å²) in [6.45, 7) is 1.23. The zero-order chi connectivity index (χ0) is 14.4. The molecule has 110 valence electrons. The van der Waals surface area contributed by atoms with E-state index in [1.165, 1.54) is 0 Å². The Kier molecular flexibility index (Phi) is 5.24. The molecule has 0 bridgehead atoms. The number of hydrogen-bond donors (Lipinski definition) is 0. The van der Waals surface area contributed by atoms with E-state index in [-0.39, 0.29) is 6.23 Å². The Morgan fingerprint density at radius 1 is 1.25 bits per heavy atom. The molecular formula is C15H21NO4. The van der Waals surface area contributed by atoms with Gasteiger partial charge in [0.05, 0.1) is 20.8 Å². The van der Waals surface area contributed by atoms with Crippen molar-refractivity contribution in [3.63, 3.8) is 0 Å². The maximum absolute atomic E-state index is 11.0. The fourth-order valence-corrected chi connectivity index (χ4v) is 2.39. The van der Waals surface area contributed by atoms with Crippen LogP contribution < -0.4 is 9.47 Å². The van der Waals surface area contributed by atoms with Crippen molar-refractivity contribution in [1.82, 2.24) is 4.90 Å². The summed E-state index contributed by atoms with van der Waals surface area (Å²) in [6.07, 6.45) is 3.80. The lowest BCUT2D eigenvalue weighted by molar-refractivity contribution is -0.138. The van der Waals surface area contributed by atoms with Gasteiger partial charge in [-0.3, -0.25) is 4.79 Å². The lowest BCUT2D eigenvalue weighted by Gasteiger charge is -2.32. The standard InChI is InChI=1S/C15H21NO4/c1-18-13-7-6-12(9-14(13)19-2)10-20-15-5-3-4-8-16(15)11-17/h6-7,9,11,15H,3-5,8,10H2,1-2H3. The van der Waals surface area contributed by atoms with Gasteiger partial charge in [0.1, 0.15) is 6.23 Å². The first-order valence-corrected chi connectivity index (χ1v) is 6.82. The predicted molar refractivity (Wildman–Crippen MR) is 74.7 cm³/mol. The monoisotopic (exact) mass is 279 g/mol. The van der Waals surface area contributed by atoms with Crippen LogP contribution in [-0.4, -0.2) is 38.3 Å². The SMILES string of the molecule is COc1ccc(COC2CCCCN2C=O)cc1OC. The van der Waals surface area contributed by atoms with Crippen LogP contribution in [-0.2, 0) is 16.1 Å². The highest BCUT2D eigenvalue weighted by Crippen LogP contribution is 2.28. The molecule has 0 radical (unpaired) electrons. The number of piperidine rings is 1.